The van der Waals surface area contributed by atoms with E-state index in [9.17, 15) is 25.5 Å². The molecule has 26 nitrogen and oxygen atoms in total. The second-order valence-corrected chi connectivity index (χ2v) is 12.8. The van der Waals surface area contributed by atoms with Gasteiger partial charge in [-0.05, 0) is 12.8 Å². The highest BCUT2D eigenvalue weighted by molar-refractivity contribution is 7.80. The summed E-state index contributed by atoms with van der Waals surface area (Å²) in [6.45, 7) is -0.499. The first-order valence-electron chi connectivity index (χ1n) is 12.9. The van der Waals surface area contributed by atoms with Crippen molar-refractivity contribution >= 4 is 31.2 Å². The second-order valence-electron chi connectivity index (χ2n) is 10.1. The van der Waals surface area contributed by atoms with E-state index in [1.54, 1.807) is 0 Å². The Morgan fingerprint density at radius 2 is 0.979 bits per heavy atom. The van der Waals surface area contributed by atoms with Crippen LogP contribution in [0.3, 0.4) is 0 Å². The third-order valence-electron chi connectivity index (χ3n) is 6.41. The molecule has 0 spiro atoms. The Bertz CT molecular complexity index is 1150. The first-order chi connectivity index (χ1) is 21.1. The average Bonchev–Trinajstić information content (AvgIpc) is 2.87. The van der Waals surface area contributed by atoms with Crippen LogP contribution in [0, 0.1) is 0 Å². The molecule has 0 unspecified atom stereocenters. The Hall–Kier alpha value is -0.950. The topological polar surface area (TPSA) is 492 Å². The van der Waals surface area contributed by atoms with E-state index >= 15 is 0 Å². The van der Waals surface area contributed by atoms with Crippen LogP contribution in [0.2, 0.25) is 0 Å². The van der Waals surface area contributed by atoms with Crippen molar-refractivity contribution in [2.75, 3.05) is 13.2 Å². The van der Waals surface area contributed by atoms with E-state index in [1.165, 1.54) is 0 Å². The molecule has 0 bridgehead atoms. The number of aliphatic hydroxyl groups is 5. The van der Waals surface area contributed by atoms with Crippen LogP contribution in [0.25, 0.3) is 0 Å². The van der Waals surface area contributed by atoms with Crippen molar-refractivity contribution in [2.45, 2.75) is 98.4 Å². The van der Waals surface area contributed by atoms with Crippen molar-refractivity contribution in [2.24, 2.45) is 28.7 Å². The maximum atomic E-state index is 11.0. The van der Waals surface area contributed by atoms with Gasteiger partial charge in [0.05, 0.1) is 30.9 Å². The van der Waals surface area contributed by atoms with Gasteiger partial charge in [-0.2, -0.15) is 25.3 Å². The van der Waals surface area contributed by atoms with Gasteiger partial charge < -0.3 is 73.1 Å². The quantitative estimate of drug-likeness (QED) is 0.112. The van der Waals surface area contributed by atoms with Crippen LogP contribution in [0.5, 0.6) is 0 Å². The monoisotopic (exact) mass is 761 g/mol. The Balaban J connectivity index is 0.00000117. The number of hydrogen-bond acceptors (Lipinski definition) is 20. The van der Waals surface area contributed by atoms with Crippen LogP contribution in [-0.4, -0.2) is 177 Å². The highest BCUT2D eigenvalue weighted by atomic mass is 32.3. The maximum Gasteiger partial charge on any atom is 0.394 e. The van der Waals surface area contributed by atoms with Crippen LogP contribution in [-0.2, 0) is 50.1 Å². The van der Waals surface area contributed by atoms with Gasteiger partial charge >= 0.3 is 31.2 Å². The minimum atomic E-state index is -4.67. The molecule has 21 N–H and O–H groups in total. The number of aliphatic hydroxyl groups excluding tert-OH is 5. The largest absolute Gasteiger partial charge is 0.394 e. The molecule has 0 aromatic heterocycles. The fourth-order valence-electron chi connectivity index (χ4n) is 4.43. The predicted octanol–water partition coefficient (Wildman–Crippen LogP) is -8.25. The molecule has 1 saturated carbocycles. The van der Waals surface area contributed by atoms with Gasteiger partial charge in [0.1, 0.15) is 36.6 Å². The number of rotatable bonds is 6. The van der Waals surface area contributed by atoms with Crippen molar-refractivity contribution in [1.82, 2.24) is 0 Å². The molecule has 3 rings (SSSR count). The number of hydrogen-bond donors (Lipinski definition) is 16. The summed E-state index contributed by atoms with van der Waals surface area (Å²) in [7, 11) is -14.0. The summed E-state index contributed by atoms with van der Waals surface area (Å²) in [6, 6.07) is -3.27. The molecule has 3 fully saturated rings. The fourth-order valence-corrected chi connectivity index (χ4v) is 4.43. The van der Waals surface area contributed by atoms with Crippen molar-refractivity contribution in [3.8, 4) is 0 Å². The second kappa shape index (κ2) is 19.4. The summed E-state index contributed by atoms with van der Waals surface area (Å²) in [5.74, 6) is 0. The standard InChI is InChI=1S/C18H37N5O9.3H2O4S/c19-3-9-8(25)2-7(22)17(29-9)31-15-5(20)1-6(21)16(14(15)28)32-18-13(27)11(23)12(26)10(4-24)30-18;3*1-5(2,3)4/h5-18,24-28H,1-4,19-23H2;3*(H2,1,2,3,4)/t5-,6+,7+,8-,9+,10+,11-,12+,13+,14-,15+,16-,17+,18+;;;/m0.../s1. The summed E-state index contributed by atoms with van der Waals surface area (Å²) < 4.78 is 117. The summed E-state index contributed by atoms with van der Waals surface area (Å²) in [6.07, 6.45) is -10.8. The third-order valence-corrected chi connectivity index (χ3v) is 6.41. The van der Waals surface area contributed by atoms with Crippen LogP contribution >= 0.6 is 0 Å². The molecule has 2 saturated heterocycles. The first kappa shape index (κ1) is 46.0. The highest BCUT2D eigenvalue weighted by Crippen LogP contribution is 2.30. The maximum absolute atomic E-state index is 11.0. The molecule has 0 radical (unpaired) electrons. The van der Waals surface area contributed by atoms with Gasteiger partial charge in [0, 0.05) is 18.6 Å². The van der Waals surface area contributed by atoms with E-state index in [4.69, 9.17) is 100 Å². The van der Waals surface area contributed by atoms with Crippen molar-refractivity contribution < 1.29 is 97.0 Å². The first-order valence-corrected chi connectivity index (χ1v) is 17.0. The molecule has 2 aliphatic heterocycles. The van der Waals surface area contributed by atoms with Gasteiger partial charge in [-0.1, -0.05) is 0 Å². The van der Waals surface area contributed by atoms with E-state index in [2.05, 4.69) is 0 Å². The molecule has 2 heterocycles. The van der Waals surface area contributed by atoms with Gasteiger partial charge in [-0.15, -0.1) is 0 Å². The molecule has 3 aliphatic rings. The van der Waals surface area contributed by atoms with Crippen LogP contribution < -0.4 is 28.7 Å². The van der Waals surface area contributed by atoms with Crippen molar-refractivity contribution in [1.29, 1.82) is 0 Å². The fraction of sp³-hybridized carbons (Fsp3) is 1.00. The van der Waals surface area contributed by atoms with Crippen LogP contribution in [0.15, 0.2) is 0 Å². The summed E-state index contributed by atoms with van der Waals surface area (Å²) in [5, 5.41) is 50.7. The molecular weight excluding hydrogens is 718 g/mol. The Kier molecular flexibility index (Phi) is 19.1. The molecule has 1 aliphatic carbocycles. The lowest BCUT2D eigenvalue weighted by Gasteiger charge is -2.47. The van der Waals surface area contributed by atoms with Crippen molar-refractivity contribution in [3.63, 3.8) is 0 Å². The zero-order valence-electron chi connectivity index (χ0n) is 24.0. The lowest BCUT2D eigenvalue weighted by molar-refractivity contribution is -0.314. The molecule has 0 aromatic carbocycles. The number of ether oxygens (including phenoxy) is 4. The minimum absolute atomic E-state index is 0.0542. The Labute approximate surface area is 268 Å². The third kappa shape index (κ3) is 18.6. The molecule has 0 aromatic rings. The zero-order chi connectivity index (χ0) is 37.2. The summed E-state index contributed by atoms with van der Waals surface area (Å²) in [4.78, 5) is 0. The lowest BCUT2D eigenvalue weighted by Crippen LogP contribution is -2.68. The highest BCUT2D eigenvalue weighted by Gasteiger charge is 2.50. The molecule has 14 atom stereocenters. The van der Waals surface area contributed by atoms with Gasteiger partial charge in [-0.25, -0.2) is 0 Å². The van der Waals surface area contributed by atoms with E-state index in [0.717, 1.165) is 0 Å². The van der Waals surface area contributed by atoms with Crippen molar-refractivity contribution in [3.05, 3.63) is 0 Å². The molecule has 0 amide bonds. The molecular formula is C18H43N5O21S3. The number of nitrogens with two attached hydrogens (primary N) is 5. The van der Waals surface area contributed by atoms with E-state index < -0.39 is 123 Å². The zero-order valence-corrected chi connectivity index (χ0v) is 26.5. The van der Waals surface area contributed by atoms with E-state index in [-0.39, 0.29) is 19.4 Å². The van der Waals surface area contributed by atoms with Gasteiger partial charge in [0.15, 0.2) is 12.6 Å². The van der Waals surface area contributed by atoms with Gasteiger partial charge in [0.2, 0.25) is 0 Å². The Morgan fingerprint density at radius 3 is 1.36 bits per heavy atom. The average molecular weight is 762 g/mol. The van der Waals surface area contributed by atoms with Gasteiger partial charge in [0.25, 0.3) is 0 Å². The molecule has 29 heteroatoms. The smallest absolute Gasteiger partial charge is 0.394 e. The molecule has 47 heavy (non-hydrogen) atoms. The van der Waals surface area contributed by atoms with Crippen LogP contribution in [0.4, 0.5) is 0 Å². The Morgan fingerprint density at radius 1 is 0.596 bits per heavy atom. The van der Waals surface area contributed by atoms with Gasteiger partial charge in [-0.3, -0.25) is 27.3 Å². The lowest BCUT2D eigenvalue weighted by atomic mass is 9.84. The minimum Gasteiger partial charge on any atom is -0.394 e. The summed E-state index contributed by atoms with van der Waals surface area (Å²) >= 11 is 0. The normalized spacial score (nSPS) is 39.6. The van der Waals surface area contributed by atoms with E-state index in [0.29, 0.717) is 0 Å². The molecule has 284 valence electrons. The van der Waals surface area contributed by atoms with E-state index in [1.807, 2.05) is 0 Å². The predicted molar refractivity (Wildman–Crippen MR) is 151 cm³/mol. The summed E-state index contributed by atoms with van der Waals surface area (Å²) in [5.41, 5.74) is 29.8. The van der Waals surface area contributed by atoms with Crippen LogP contribution in [0.1, 0.15) is 12.8 Å². The SMILES string of the molecule is NC[C@H]1O[C@H](O[C@H]2[C@H](O)[C@@H](O[C@H]3O[C@H](CO)[C@@H](O)[C@H](N)[C@H]3O)[C@H](N)C[C@@H]2N)[C@H](N)C[C@@H]1O.O=S(=O)(O)O.O=S(=O)(O)O.O=S(=O)(O)O.